The van der Waals surface area contributed by atoms with Crippen molar-refractivity contribution in [3.05, 3.63) is 35.9 Å². The molecule has 3 aliphatic carbocycles. The van der Waals surface area contributed by atoms with Crippen LogP contribution < -0.4 is 5.32 Å². The molecule has 0 radical (unpaired) electrons. The van der Waals surface area contributed by atoms with Crippen molar-refractivity contribution in [3.8, 4) is 6.07 Å². The highest BCUT2D eigenvalue weighted by atomic mass is 19.1. The van der Waals surface area contributed by atoms with Crippen molar-refractivity contribution >= 4 is 17.9 Å². The number of hydrogen-bond donors (Lipinski definition) is 1. The number of alkyl halides is 1. The molecule has 3 saturated carbocycles. The Morgan fingerprint density at radius 3 is 2.41 bits per heavy atom. The van der Waals surface area contributed by atoms with E-state index in [0.29, 0.717) is 38.5 Å². The van der Waals surface area contributed by atoms with E-state index in [4.69, 9.17) is 4.74 Å². The van der Waals surface area contributed by atoms with E-state index in [2.05, 4.69) is 5.32 Å². The summed E-state index contributed by atoms with van der Waals surface area (Å²) in [5.41, 5.74) is -0.201. The van der Waals surface area contributed by atoms with E-state index in [-0.39, 0.29) is 32.0 Å². The van der Waals surface area contributed by atoms with E-state index in [1.807, 2.05) is 36.4 Å². The molecule has 2 bridgehead atoms. The Kier molecular flexibility index (Phi) is 6.78. The van der Waals surface area contributed by atoms with Crippen molar-refractivity contribution in [3.63, 3.8) is 0 Å². The maximum absolute atomic E-state index is 13.9. The van der Waals surface area contributed by atoms with E-state index in [1.54, 1.807) is 7.05 Å². The summed E-state index contributed by atoms with van der Waals surface area (Å²) in [5.74, 6) is -0.426. The number of nitrogens with zero attached hydrogens (tertiary/aromatic N) is 3. The highest BCUT2D eigenvalue weighted by Gasteiger charge is 2.56. The van der Waals surface area contributed by atoms with Gasteiger partial charge in [-0.25, -0.2) is 9.18 Å². The number of likely N-dealkylation sites (tertiary alicyclic amines) is 1. The molecule has 4 fully saturated rings. The van der Waals surface area contributed by atoms with Gasteiger partial charge in [-0.2, -0.15) is 5.26 Å². The number of carbonyl (C=O) groups excluding carboxylic acids is 3. The minimum Gasteiger partial charge on any atom is -0.445 e. The monoisotopic (exact) mass is 470 g/mol. The zero-order chi connectivity index (χ0) is 24.3. The van der Waals surface area contributed by atoms with E-state index in [1.165, 1.54) is 9.80 Å². The Hall–Kier alpha value is -3.15. The average Bonchev–Trinajstić information content (AvgIpc) is 3.27. The largest absolute Gasteiger partial charge is 0.445 e. The Morgan fingerprint density at radius 2 is 1.82 bits per heavy atom. The van der Waals surface area contributed by atoms with Crippen molar-refractivity contribution in [2.24, 2.45) is 5.41 Å². The number of rotatable bonds is 6. The van der Waals surface area contributed by atoms with Crippen LogP contribution >= 0.6 is 0 Å². The maximum atomic E-state index is 13.9. The molecule has 34 heavy (non-hydrogen) atoms. The number of fused-ring (bicyclic) bond motifs is 3. The molecule has 1 aromatic rings. The number of nitrogens with one attached hydrogen (secondary N) is 1. The van der Waals surface area contributed by atoms with Crippen LogP contribution in [-0.2, 0) is 20.9 Å². The minimum atomic E-state index is -1.25. The molecule has 4 aliphatic rings. The number of hydrogen-bond acceptors (Lipinski definition) is 5. The molecule has 0 aromatic heterocycles. The fourth-order valence-electron chi connectivity index (χ4n) is 5.81. The van der Waals surface area contributed by atoms with Gasteiger partial charge in [-0.15, -0.1) is 0 Å². The van der Waals surface area contributed by atoms with Crippen LogP contribution in [0.4, 0.5) is 9.18 Å². The molecule has 2 atom stereocenters. The molecule has 0 spiro atoms. The first-order chi connectivity index (χ1) is 16.3. The zero-order valence-electron chi connectivity index (χ0n) is 19.5. The summed E-state index contributed by atoms with van der Waals surface area (Å²) in [7, 11) is 1.64. The molecule has 8 nitrogen and oxygen atoms in total. The third kappa shape index (κ3) is 4.46. The Labute approximate surface area is 199 Å². The van der Waals surface area contributed by atoms with E-state index < -0.39 is 35.2 Å². The molecule has 3 amide bonds. The number of halogens is 1. The normalized spacial score (nSPS) is 29.9. The standard InChI is InChI=1S/C25H31FN4O4/c1-28-22(32)24-7-10-25(11-8-24,12-9-24)30(23(33)34-17-18-5-3-2-4-6-18)16-21(31)29-15-19(26)13-20(29)14-27/h2-6,19-20H,7-13,15-17H2,1H3,(H,28,32)/t19-,20-,24?,25?/m0/s1. The quantitative estimate of drug-likeness (QED) is 0.689. The van der Waals surface area contributed by atoms with Gasteiger partial charge in [0.15, 0.2) is 0 Å². The summed E-state index contributed by atoms with van der Waals surface area (Å²) in [4.78, 5) is 41.8. The van der Waals surface area contributed by atoms with Gasteiger partial charge in [-0.05, 0) is 44.1 Å². The summed E-state index contributed by atoms with van der Waals surface area (Å²) in [6.07, 6.45) is 1.77. The summed E-state index contributed by atoms with van der Waals surface area (Å²) in [6, 6.07) is 10.4. The number of nitriles is 1. The SMILES string of the molecule is CNC(=O)C12CCC(N(CC(=O)N3C[C@@H](F)C[C@H]3C#N)C(=O)OCc3ccccc3)(CC1)CC2. The van der Waals surface area contributed by atoms with Gasteiger partial charge in [0.05, 0.1) is 12.6 Å². The van der Waals surface area contributed by atoms with Gasteiger partial charge >= 0.3 is 6.09 Å². The summed E-state index contributed by atoms with van der Waals surface area (Å²) in [5, 5.41) is 12.1. The highest BCUT2D eigenvalue weighted by Crippen LogP contribution is 2.55. The predicted molar refractivity (Wildman–Crippen MR) is 121 cm³/mol. The maximum Gasteiger partial charge on any atom is 0.411 e. The molecule has 1 aromatic carbocycles. The molecule has 1 aliphatic heterocycles. The molecule has 1 saturated heterocycles. The van der Waals surface area contributed by atoms with E-state index in [0.717, 1.165) is 5.56 Å². The fourth-order valence-corrected chi connectivity index (χ4v) is 5.81. The van der Waals surface area contributed by atoms with Gasteiger partial charge in [0.25, 0.3) is 0 Å². The lowest BCUT2D eigenvalue weighted by Gasteiger charge is -2.56. The van der Waals surface area contributed by atoms with Crippen LogP contribution in [0.25, 0.3) is 0 Å². The van der Waals surface area contributed by atoms with E-state index >= 15 is 0 Å². The Morgan fingerprint density at radius 1 is 1.18 bits per heavy atom. The van der Waals surface area contributed by atoms with Crippen LogP contribution in [0, 0.1) is 16.7 Å². The average molecular weight is 471 g/mol. The molecule has 5 rings (SSSR count). The molecule has 1 N–H and O–H groups in total. The Balaban J connectivity index is 1.53. The van der Waals surface area contributed by atoms with Crippen molar-refractivity contribution in [1.29, 1.82) is 5.26 Å². The second-order valence-corrected chi connectivity index (χ2v) is 9.73. The van der Waals surface area contributed by atoms with E-state index in [9.17, 15) is 24.0 Å². The van der Waals surface area contributed by atoms with Crippen molar-refractivity contribution in [2.45, 2.75) is 69.3 Å². The molecule has 0 unspecified atom stereocenters. The topological polar surface area (TPSA) is 103 Å². The first kappa shape index (κ1) is 24.0. The van der Waals surface area contributed by atoms with Gasteiger partial charge in [-0.3, -0.25) is 14.5 Å². The molecule has 9 heteroatoms. The number of carbonyl (C=O) groups is 3. The van der Waals surface area contributed by atoms with Gasteiger partial charge in [0, 0.05) is 24.4 Å². The van der Waals surface area contributed by atoms with Crippen molar-refractivity contribution < 1.29 is 23.5 Å². The van der Waals surface area contributed by atoms with Crippen LogP contribution in [0.5, 0.6) is 0 Å². The summed E-state index contributed by atoms with van der Waals surface area (Å²) >= 11 is 0. The molecule has 182 valence electrons. The highest BCUT2D eigenvalue weighted by molar-refractivity contribution is 5.85. The summed E-state index contributed by atoms with van der Waals surface area (Å²) in [6.45, 7) is -0.345. The molecule has 1 heterocycles. The second-order valence-electron chi connectivity index (χ2n) is 9.73. The third-order valence-electron chi connectivity index (χ3n) is 7.93. The van der Waals surface area contributed by atoms with Crippen LogP contribution in [0.3, 0.4) is 0 Å². The minimum absolute atomic E-state index is 0.0134. The van der Waals surface area contributed by atoms with Crippen LogP contribution in [0.15, 0.2) is 30.3 Å². The number of ether oxygens (including phenoxy) is 1. The van der Waals surface area contributed by atoms with Gasteiger partial charge < -0.3 is 15.0 Å². The molecular formula is C25H31FN4O4. The number of benzene rings is 1. The first-order valence-corrected chi connectivity index (χ1v) is 11.9. The van der Waals surface area contributed by atoms with Crippen LogP contribution in [0.2, 0.25) is 0 Å². The lowest BCUT2D eigenvalue weighted by atomic mass is 9.56. The van der Waals surface area contributed by atoms with Gasteiger partial charge in [-0.1, -0.05) is 30.3 Å². The van der Waals surface area contributed by atoms with Crippen molar-refractivity contribution in [1.82, 2.24) is 15.1 Å². The van der Waals surface area contributed by atoms with Gasteiger partial charge in [0.1, 0.15) is 25.4 Å². The lowest BCUT2D eigenvalue weighted by molar-refractivity contribution is -0.145. The fraction of sp³-hybridized carbons (Fsp3) is 0.600. The first-order valence-electron chi connectivity index (χ1n) is 11.9. The second kappa shape index (κ2) is 9.61. The van der Waals surface area contributed by atoms with Crippen molar-refractivity contribution in [2.75, 3.05) is 20.1 Å². The van der Waals surface area contributed by atoms with Gasteiger partial charge in [0.2, 0.25) is 11.8 Å². The molecular weight excluding hydrogens is 439 g/mol. The third-order valence-corrected chi connectivity index (χ3v) is 7.93. The van der Waals surface area contributed by atoms with Crippen LogP contribution in [-0.4, -0.2) is 65.6 Å². The summed E-state index contributed by atoms with van der Waals surface area (Å²) < 4.78 is 19.6. The Bertz CT molecular complexity index is 954. The van der Waals surface area contributed by atoms with Crippen LogP contribution in [0.1, 0.15) is 50.5 Å². The lowest BCUT2D eigenvalue weighted by Crippen LogP contribution is -2.62. The smallest absolute Gasteiger partial charge is 0.411 e. The number of amides is 3. The zero-order valence-corrected chi connectivity index (χ0v) is 19.5. The predicted octanol–water partition coefficient (Wildman–Crippen LogP) is 2.93.